The van der Waals surface area contributed by atoms with Crippen LogP contribution in [0.25, 0.3) is 0 Å². The van der Waals surface area contributed by atoms with Crippen molar-refractivity contribution in [3.8, 4) is 11.5 Å². The molecule has 1 fully saturated rings. The highest BCUT2D eigenvalue weighted by Gasteiger charge is 2.29. The van der Waals surface area contributed by atoms with Crippen molar-refractivity contribution in [2.75, 3.05) is 46.7 Å². The Balaban J connectivity index is 0.000000646. The van der Waals surface area contributed by atoms with Crippen molar-refractivity contribution in [3.63, 3.8) is 0 Å². The summed E-state index contributed by atoms with van der Waals surface area (Å²) in [4.78, 5) is 37.3. The van der Waals surface area contributed by atoms with E-state index in [1.807, 2.05) is 64.1 Å². The van der Waals surface area contributed by atoms with Crippen LogP contribution in [0, 0.1) is 5.92 Å². The lowest BCUT2D eigenvalue weighted by Gasteiger charge is -2.28. The molecule has 234 valence electrons. The van der Waals surface area contributed by atoms with Crippen LogP contribution in [0.1, 0.15) is 57.2 Å². The molecule has 2 heterocycles. The number of urea groups is 1. The average Bonchev–Trinajstić information content (AvgIpc) is 3.11. The van der Waals surface area contributed by atoms with Crippen LogP contribution < -0.4 is 20.1 Å². The van der Waals surface area contributed by atoms with Crippen LogP contribution in [-0.2, 0) is 20.7 Å². The van der Waals surface area contributed by atoms with Gasteiger partial charge in [-0.3, -0.25) is 9.59 Å². The van der Waals surface area contributed by atoms with Crippen molar-refractivity contribution in [1.29, 1.82) is 0 Å². The first-order valence-electron chi connectivity index (χ1n) is 14.5. The van der Waals surface area contributed by atoms with E-state index < -0.39 is 0 Å². The predicted octanol–water partition coefficient (Wildman–Crippen LogP) is 4.28. The van der Waals surface area contributed by atoms with Gasteiger partial charge in [0.05, 0.1) is 26.0 Å². The first-order chi connectivity index (χ1) is 20.4. The lowest BCUT2D eigenvalue weighted by molar-refractivity contribution is -0.138. The molecule has 1 atom stereocenters. The van der Waals surface area contributed by atoms with Gasteiger partial charge in [-0.25, -0.2) is 9.80 Å². The van der Waals surface area contributed by atoms with Gasteiger partial charge in [-0.2, -0.15) is 5.10 Å². The fourth-order valence-electron chi connectivity index (χ4n) is 4.92. The number of ether oxygens (including phenoxy) is 3. The summed E-state index contributed by atoms with van der Waals surface area (Å²) in [5.41, 5.74) is 3.76. The smallest absolute Gasteiger partial charge is 0.337 e. The average molecular weight is 596 g/mol. The molecule has 0 aliphatic carbocycles. The Bertz CT molecular complexity index is 1300. The fraction of sp³-hybridized carbons (Fsp3) is 0.500. The summed E-state index contributed by atoms with van der Waals surface area (Å²) in [6.07, 6.45) is 2.33. The lowest BCUT2D eigenvalue weighted by atomic mass is 9.93. The van der Waals surface area contributed by atoms with Crippen LogP contribution in [0.4, 0.5) is 10.5 Å². The number of anilines is 1. The highest BCUT2D eigenvalue weighted by Crippen LogP contribution is 2.35. The van der Waals surface area contributed by atoms with E-state index >= 15 is 0 Å². The van der Waals surface area contributed by atoms with Gasteiger partial charge in [0, 0.05) is 29.8 Å². The van der Waals surface area contributed by atoms with Crippen molar-refractivity contribution in [3.05, 3.63) is 53.1 Å². The molecule has 1 saturated heterocycles. The van der Waals surface area contributed by atoms with Crippen LogP contribution in [0.15, 0.2) is 41.5 Å². The quantitative estimate of drug-likeness (QED) is 0.478. The third kappa shape index (κ3) is 8.93. The molecular formula is C32H45N5O6. The van der Waals surface area contributed by atoms with Gasteiger partial charge < -0.3 is 29.7 Å². The summed E-state index contributed by atoms with van der Waals surface area (Å²) in [5.74, 6) is 1.31. The molecule has 1 unspecified atom stereocenters. The molecule has 2 aromatic carbocycles. The molecule has 0 aromatic heterocycles. The standard InChI is InChI=1S/C27H35N5O4.C5H10O2/c1-17-14-20-15-23(35-4)24(36-5)16-22(20)25(30-32(17)27(34)28-2)18-6-8-21(9-7-18)29-26(33)19-10-12-31(3)13-11-19;1-5(2,3)7-4-6/h6-9,15-17,19H,10-14H2,1-5H3,(H,28,34)(H,29,33);4H,1-3H3. The van der Waals surface area contributed by atoms with Crippen molar-refractivity contribution >= 4 is 29.8 Å². The zero-order chi connectivity index (χ0) is 31.7. The molecule has 3 amide bonds. The Kier molecular flexibility index (Phi) is 11.5. The van der Waals surface area contributed by atoms with Crippen LogP contribution in [-0.4, -0.2) is 87.1 Å². The number of benzene rings is 2. The predicted molar refractivity (Wildman–Crippen MR) is 167 cm³/mol. The molecule has 4 rings (SSSR count). The van der Waals surface area contributed by atoms with E-state index in [2.05, 4.69) is 27.3 Å². The number of hydrazone groups is 1. The van der Waals surface area contributed by atoms with Crippen molar-refractivity contribution < 1.29 is 28.6 Å². The number of piperidine rings is 1. The van der Waals surface area contributed by atoms with Gasteiger partial charge in [-0.1, -0.05) is 12.1 Å². The normalized spacial score (nSPS) is 17.3. The Morgan fingerprint density at radius 3 is 2.14 bits per heavy atom. The highest BCUT2D eigenvalue weighted by molar-refractivity contribution is 6.14. The summed E-state index contributed by atoms with van der Waals surface area (Å²) in [5, 5.41) is 12.0. The van der Waals surface area contributed by atoms with Gasteiger partial charge in [-0.05, 0) is 96.9 Å². The number of carbonyl (C=O) groups is 3. The third-order valence-corrected chi connectivity index (χ3v) is 7.34. The first kappa shape index (κ1) is 33.4. The zero-order valence-corrected chi connectivity index (χ0v) is 26.5. The number of carbonyl (C=O) groups excluding carboxylic acids is 3. The summed E-state index contributed by atoms with van der Waals surface area (Å²) >= 11 is 0. The monoisotopic (exact) mass is 595 g/mol. The number of methoxy groups -OCH3 is 2. The maximum absolute atomic E-state index is 12.8. The number of hydrogen-bond donors (Lipinski definition) is 2. The number of fused-ring (bicyclic) bond motifs is 1. The van der Waals surface area contributed by atoms with Gasteiger partial charge in [0.15, 0.2) is 11.5 Å². The summed E-state index contributed by atoms with van der Waals surface area (Å²) in [7, 11) is 6.88. The summed E-state index contributed by atoms with van der Waals surface area (Å²) < 4.78 is 15.6. The van der Waals surface area contributed by atoms with Gasteiger partial charge in [-0.15, -0.1) is 0 Å². The van der Waals surface area contributed by atoms with Crippen molar-refractivity contribution in [1.82, 2.24) is 15.2 Å². The molecule has 2 aliphatic rings. The number of nitrogens with zero attached hydrogens (tertiary/aromatic N) is 3. The highest BCUT2D eigenvalue weighted by atomic mass is 16.5. The molecule has 0 saturated carbocycles. The molecule has 2 aromatic rings. The van der Waals surface area contributed by atoms with E-state index in [1.165, 1.54) is 5.01 Å². The van der Waals surface area contributed by atoms with E-state index in [4.69, 9.17) is 14.6 Å². The molecule has 43 heavy (non-hydrogen) atoms. The maximum atomic E-state index is 12.8. The minimum Gasteiger partial charge on any atom is -0.493 e. The Morgan fingerprint density at radius 2 is 1.63 bits per heavy atom. The van der Waals surface area contributed by atoms with Gasteiger partial charge in [0.1, 0.15) is 5.60 Å². The van der Waals surface area contributed by atoms with E-state index in [1.54, 1.807) is 21.3 Å². The van der Waals surface area contributed by atoms with Crippen LogP contribution in [0.2, 0.25) is 0 Å². The van der Waals surface area contributed by atoms with E-state index in [-0.39, 0.29) is 29.5 Å². The van der Waals surface area contributed by atoms with Crippen LogP contribution >= 0.6 is 0 Å². The minimum absolute atomic E-state index is 0.0315. The van der Waals surface area contributed by atoms with E-state index in [0.717, 1.165) is 48.3 Å². The molecule has 11 nitrogen and oxygen atoms in total. The number of amides is 3. The molecule has 0 radical (unpaired) electrons. The fourth-order valence-corrected chi connectivity index (χ4v) is 4.92. The van der Waals surface area contributed by atoms with E-state index in [9.17, 15) is 14.4 Å². The van der Waals surface area contributed by atoms with Crippen LogP contribution in [0.5, 0.6) is 11.5 Å². The molecule has 0 bridgehead atoms. The topological polar surface area (TPSA) is 122 Å². The number of nitrogens with one attached hydrogen (secondary N) is 2. The zero-order valence-electron chi connectivity index (χ0n) is 26.5. The molecule has 11 heteroatoms. The SMILES string of the molecule is CC(C)(C)OC=O.CNC(=O)N1N=C(c2ccc(NC(=O)C3CCN(C)CC3)cc2)c2cc(OC)c(OC)cc2CC1C. The summed E-state index contributed by atoms with van der Waals surface area (Å²) in [6.45, 7) is 9.75. The van der Waals surface area contributed by atoms with Gasteiger partial charge in [0.2, 0.25) is 5.91 Å². The second-order valence-electron chi connectivity index (χ2n) is 11.7. The van der Waals surface area contributed by atoms with Crippen molar-refractivity contribution in [2.45, 2.75) is 58.6 Å². The number of rotatable bonds is 6. The first-order valence-corrected chi connectivity index (χ1v) is 14.5. The lowest BCUT2D eigenvalue weighted by Crippen LogP contribution is -2.41. The Morgan fingerprint density at radius 1 is 1.02 bits per heavy atom. The number of likely N-dealkylation sites (tertiary alicyclic amines) is 1. The number of hydrogen-bond acceptors (Lipinski definition) is 8. The Labute approximate surface area is 254 Å². The summed E-state index contributed by atoms with van der Waals surface area (Å²) in [6, 6.07) is 11.0. The molecular weight excluding hydrogens is 550 g/mol. The second kappa shape index (κ2) is 14.9. The second-order valence-corrected chi connectivity index (χ2v) is 11.7. The van der Waals surface area contributed by atoms with Crippen molar-refractivity contribution in [2.24, 2.45) is 11.0 Å². The maximum Gasteiger partial charge on any atom is 0.337 e. The molecule has 2 N–H and O–H groups in total. The molecule has 0 spiro atoms. The third-order valence-electron chi connectivity index (χ3n) is 7.34. The van der Waals surface area contributed by atoms with Crippen LogP contribution in [0.3, 0.4) is 0 Å². The van der Waals surface area contributed by atoms with Gasteiger partial charge >= 0.3 is 6.03 Å². The largest absolute Gasteiger partial charge is 0.493 e. The minimum atomic E-state index is -0.318. The van der Waals surface area contributed by atoms with E-state index in [0.29, 0.717) is 30.1 Å². The van der Waals surface area contributed by atoms with Gasteiger partial charge in [0.25, 0.3) is 6.47 Å². The Hall–Kier alpha value is -4.12. The molecule has 2 aliphatic heterocycles.